The largest absolute Gasteiger partial charge is 0.420 e. The highest BCUT2D eigenvalue weighted by Crippen LogP contribution is 2.29. The van der Waals surface area contributed by atoms with Crippen LogP contribution in [0.5, 0.6) is 5.75 Å². The van der Waals surface area contributed by atoms with Crippen molar-refractivity contribution in [3.63, 3.8) is 0 Å². The molecule has 1 aromatic rings. The quantitative estimate of drug-likeness (QED) is 0.201. The summed E-state index contributed by atoms with van der Waals surface area (Å²) in [6.45, 7) is 3.74. The zero-order valence-corrected chi connectivity index (χ0v) is 11.3. The number of benzene rings is 1. The molecule has 0 aromatic heterocycles. The van der Waals surface area contributed by atoms with Crippen LogP contribution in [0.1, 0.15) is 26.7 Å². The van der Waals surface area contributed by atoms with E-state index in [-0.39, 0.29) is 25.6 Å². The van der Waals surface area contributed by atoms with Crippen molar-refractivity contribution in [3.8, 4) is 5.75 Å². The van der Waals surface area contributed by atoms with Crippen molar-refractivity contribution in [2.75, 3.05) is 6.61 Å². The zero-order chi connectivity index (χ0) is 16.2. The fourth-order valence-corrected chi connectivity index (χ4v) is 1.37. The third-order valence-corrected chi connectivity index (χ3v) is 2.36. The maximum atomic E-state index is 13.2. The molecule has 0 aliphatic carbocycles. The zero-order valence-electron chi connectivity index (χ0n) is 11.3. The highest BCUT2D eigenvalue weighted by Gasteiger charge is 2.28. The van der Waals surface area contributed by atoms with E-state index in [4.69, 9.17) is 4.74 Å². The predicted octanol–water partition coefficient (Wildman–Crippen LogP) is 3.49. The maximum Gasteiger partial charge on any atom is 0.311 e. The Morgan fingerprint density at radius 2 is 1.43 bits per heavy atom. The van der Waals surface area contributed by atoms with Crippen LogP contribution in [0.3, 0.4) is 0 Å². The number of esters is 1. The minimum absolute atomic E-state index is 0.0591. The first-order chi connectivity index (χ1) is 9.75. The second-order valence-corrected chi connectivity index (χ2v) is 4.40. The van der Waals surface area contributed by atoms with Gasteiger partial charge in [0.2, 0.25) is 34.8 Å². The van der Waals surface area contributed by atoms with Gasteiger partial charge in [-0.15, -0.1) is 0 Å². The lowest BCUT2D eigenvalue weighted by Crippen LogP contribution is -2.14. The van der Waals surface area contributed by atoms with Crippen LogP contribution in [0, 0.1) is 29.1 Å². The van der Waals surface area contributed by atoms with Gasteiger partial charge in [-0.05, 0) is 20.3 Å². The van der Waals surface area contributed by atoms with Crippen LogP contribution in [-0.2, 0) is 9.53 Å². The van der Waals surface area contributed by atoms with Gasteiger partial charge in [0.05, 0.1) is 6.10 Å². The fourth-order valence-electron chi connectivity index (χ4n) is 1.37. The number of halogens is 5. The van der Waals surface area contributed by atoms with E-state index in [1.165, 1.54) is 0 Å². The number of rotatable bonds is 6. The summed E-state index contributed by atoms with van der Waals surface area (Å²) in [7, 11) is 0. The SMILES string of the molecule is CC(C)OCCCC(=O)Oc1c(F)c(F)c(F)c(F)c1F. The first-order valence-electron chi connectivity index (χ1n) is 6.09. The van der Waals surface area contributed by atoms with Crippen molar-refractivity contribution in [3.05, 3.63) is 29.1 Å². The lowest BCUT2D eigenvalue weighted by Gasteiger charge is -2.09. The molecule has 0 radical (unpaired) electrons. The summed E-state index contributed by atoms with van der Waals surface area (Å²) in [6.07, 6.45) is -0.158. The van der Waals surface area contributed by atoms with Crippen LogP contribution < -0.4 is 4.74 Å². The summed E-state index contributed by atoms with van der Waals surface area (Å²) in [6, 6.07) is 0. The highest BCUT2D eigenvalue weighted by atomic mass is 19.2. The summed E-state index contributed by atoms with van der Waals surface area (Å²) >= 11 is 0. The van der Waals surface area contributed by atoms with Gasteiger partial charge in [-0.3, -0.25) is 4.79 Å². The van der Waals surface area contributed by atoms with Crippen LogP contribution in [0.2, 0.25) is 0 Å². The standard InChI is InChI=1S/C13H13F5O3/c1-6(2)20-5-3-4-7(19)21-13-11(17)9(15)8(14)10(16)12(13)18/h6H,3-5H2,1-2H3. The molecule has 0 aliphatic heterocycles. The van der Waals surface area contributed by atoms with Crippen molar-refractivity contribution >= 4 is 5.97 Å². The van der Waals surface area contributed by atoms with E-state index < -0.39 is 40.8 Å². The minimum Gasteiger partial charge on any atom is -0.420 e. The molecular weight excluding hydrogens is 299 g/mol. The molecule has 0 atom stereocenters. The summed E-state index contributed by atoms with van der Waals surface area (Å²) in [5, 5.41) is 0. The van der Waals surface area contributed by atoms with Crippen molar-refractivity contribution in [1.82, 2.24) is 0 Å². The Morgan fingerprint density at radius 1 is 0.952 bits per heavy atom. The van der Waals surface area contributed by atoms with Gasteiger partial charge >= 0.3 is 5.97 Å². The number of hydrogen-bond acceptors (Lipinski definition) is 3. The Hall–Kier alpha value is -1.70. The van der Waals surface area contributed by atoms with Crippen LogP contribution in [0.25, 0.3) is 0 Å². The topological polar surface area (TPSA) is 35.5 Å². The van der Waals surface area contributed by atoms with E-state index in [9.17, 15) is 26.7 Å². The predicted molar refractivity (Wildman–Crippen MR) is 62.2 cm³/mol. The first-order valence-corrected chi connectivity index (χ1v) is 6.09. The molecule has 0 unspecified atom stereocenters. The maximum absolute atomic E-state index is 13.2. The molecule has 8 heteroatoms. The van der Waals surface area contributed by atoms with Crippen molar-refractivity contribution in [2.45, 2.75) is 32.8 Å². The normalized spacial score (nSPS) is 11.0. The first kappa shape index (κ1) is 17.4. The average molecular weight is 312 g/mol. The van der Waals surface area contributed by atoms with Crippen molar-refractivity contribution in [2.24, 2.45) is 0 Å². The molecule has 0 aliphatic rings. The van der Waals surface area contributed by atoms with E-state index >= 15 is 0 Å². The van der Waals surface area contributed by atoms with Gasteiger partial charge in [0.25, 0.3) is 0 Å². The Bertz CT molecular complexity index is 502. The van der Waals surface area contributed by atoms with E-state index in [2.05, 4.69) is 4.74 Å². The Labute approximate surface area is 117 Å². The average Bonchev–Trinajstić information content (AvgIpc) is 2.44. The fraction of sp³-hybridized carbons (Fsp3) is 0.462. The molecule has 21 heavy (non-hydrogen) atoms. The van der Waals surface area contributed by atoms with Crippen LogP contribution in [0.15, 0.2) is 0 Å². The monoisotopic (exact) mass is 312 g/mol. The van der Waals surface area contributed by atoms with E-state index in [1.807, 2.05) is 0 Å². The van der Waals surface area contributed by atoms with Crippen LogP contribution in [0.4, 0.5) is 22.0 Å². The van der Waals surface area contributed by atoms with Gasteiger partial charge in [-0.25, -0.2) is 13.2 Å². The van der Waals surface area contributed by atoms with Gasteiger partial charge < -0.3 is 9.47 Å². The van der Waals surface area contributed by atoms with Gasteiger partial charge in [0, 0.05) is 13.0 Å². The lowest BCUT2D eigenvalue weighted by atomic mass is 10.2. The molecule has 0 saturated carbocycles. The van der Waals surface area contributed by atoms with Crippen molar-refractivity contribution < 1.29 is 36.2 Å². The van der Waals surface area contributed by atoms with E-state index in [0.29, 0.717) is 0 Å². The number of carbonyl (C=O) groups is 1. The molecular formula is C13H13F5O3. The Kier molecular flexibility index (Phi) is 6.07. The molecule has 3 nitrogen and oxygen atoms in total. The number of ether oxygens (including phenoxy) is 2. The van der Waals surface area contributed by atoms with E-state index in [1.54, 1.807) is 13.8 Å². The van der Waals surface area contributed by atoms with E-state index in [0.717, 1.165) is 0 Å². The van der Waals surface area contributed by atoms with Crippen LogP contribution >= 0.6 is 0 Å². The third kappa shape index (κ3) is 4.38. The molecule has 0 spiro atoms. The van der Waals surface area contributed by atoms with Gasteiger partial charge in [-0.1, -0.05) is 0 Å². The summed E-state index contributed by atoms with van der Waals surface area (Å²) in [5.41, 5.74) is 0. The van der Waals surface area contributed by atoms with Gasteiger partial charge in [-0.2, -0.15) is 8.78 Å². The molecule has 0 fully saturated rings. The molecule has 0 N–H and O–H groups in total. The smallest absolute Gasteiger partial charge is 0.311 e. The molecule has 1 rings (SSSR count). The van der Waals surface area contributed by atoms with Gasteiger partial charge in [0.1, 0.15) is 0 Å². The second kappa shape index (κ2) is 7.35. The highest BCUT2D eigenvalue weighted by molar-refractivity contribution is 5.72. The third-order valence-electron chi connectivity index (χ3n) is 2.36. The molecule has 0 amide bonds. The Balaban J connectivity index is 2.73. The minimum atomic E-state index is -2.31. The summed E-state index contributed by atoms with van der Waals surface area (Å²) in [4.78, 5) is 11.3. The molecule has 1 aromatic carbocycles. The number of carbonyl (C=O) groups excluding carboxylic acids is 1. The molecule has 0 saturated heterocycles. The lowest BCUT2D eigenvalue weighted by molar-refractivity contribution is -0.135. The number of hydrogen-bond donors (Lipinski definition) is 0. The molecule has 0 heterocycles. The second-order valence-electron chi connectivity index (χ2n) is 4.40. The summed E-state index contributed by atoms with van der Waals surface area (Å²) in [5.74, 6) is -13.7. The Morgan fingerprint density at radius 3 is 1.90 bits per heavy atom. The van der Waals surface area contributed by atoms with Crippen molar-refractivity contribution in [1.29, 1.82) is 0 Å². The van der Waals surface area contributed by atoms with Gasteiger partial charge in [0.15, 0.2) is 0 Å². The molecule has 0 bridgehead atoms. The molecule has 118 valence electrons. The summed E-state index contributed by atoms with van der Waals surface area (Å²) < 4.78 is 74.3. The van der Waals surface area contributed by atoms with Crippen LogP contribution in [-0.4, -0.2) is 18.7 Å².